The number of nitrogens with one attached hydrogen (secondary N) is 2. The van der Waals surface area contributed by atoms with Crippen LogP contribution in [0, 0.1) is 0 Å². The Morgan fingerprint density at radius 2 is 2.00 bits per heavy atom. The SMILES string of the molecule is CCCNC(=O)CN(C)Cc1ccccc1C(=O)NN. The highest BCUT2D eigenvalue weighted by Crippen LogP contribution is 2.10. The number of carbonyl (C=O) groups is 2. The summed E-state index contributed by atoms with van der Waals surface area (Å²) in [6.45, 7) is 3.48. The number of amides is 2. The number of rotatable bonds is 7. The van der Waals surface area contributed by atoms with Crippen molar-refractivity contribution in [2.45, 2.75) is 19.9 Å². The Morgan fingerprint density at radius 1 is 1.30 bits per heavy atom. The molecule has 0 fully saturated rings. The van der Waals surface area contributed by atoms with Gasteiger partial charge in [-0.05, 0) is 25.1 Å². The van der Waals surface area contributed by atoms with Gasteiger partial charge in [-0.25, -0.2) is 5.84 Å². The molecule has 1 aromatic rings. The number of likely N-dealkylation sites (N-methyl/N-ethyl adjacent to an activating group) is 1. The van der Waals surface area contributed by atoms with Crippen molar-refractivity contribution in [1.82, 2.24) is 15.6 Å². The molecule has 0 saturated carbocycles. The lowest BCUT2D eigenvalue weighted by Crippen LogP contribution is -2.36. The Balaban J connectivity index is 2.64. The van der Waals surface area contributed by atoms with E-state index in [4.69, 9.17) is 5.84 Å². The van der Waals surface area contributed by atoms with E-state index < -0.39 is 0 Å². The molecule has 6 nitrogen and oxygen atoms in total. The molecule has 6 heteroatoms. The molecule has 0 aliphatic rings. The number of hydrogen-bond acceptors (Lipinski definition) is 4. The fourth-order valence-corrected chi connectivity index (χ4v) is 1.87. The van der Waals surface area contributed by atoms with Gasteiger partial charge >= 0.3 is 0 Å². The first-order valence-electron chi connectivity index (χ1n) is 6.62. The first kappa shape index (κ1) is 16.1. The third kappa shape index (κ3) is 4.99. The lowest BCUT2D eigenvalue weighted by atomic mass is 10.1. The zero-order valence-corrected chi connectivity index (χ0v) is 12.0. The van der Waals surface area contributed by atoms with Crippen LogP contribution < -0.4 is 16.6 Å². The number of hydrogen-bond donors (Lipinski definition) is 3. The summed E-state index contributed by atoms with van der Waals surface area (Å²) in [7, 11) is 1.84. The van der Waals surface area contributed by atoms with Crippen LogP contribution in [0.15, 0.2) is 24.3 Å². The summed E-state index contributed by atoms with van der Waals surface area (Å²) in [6, 6.07) is 7.20. The van der Waals surface area contributed by atoms with Crippen molar-refractivity contribution in [3.63, 3.8) is 0 Å². The maximum absolute atomic E-state index is 11.6. The van der Waals surface area contributed by atoms with E-state index in [0.29, 0.717) is 25.2 Å². The van der Waals surface area contributed by atoms with E-state index in [1.54, 1.807) is 12.1 Å². The molecule has 0 bridgehead atoms. The molecule has 0 aliphatic heterocycles. The zero-order valence-electron chi connectivity index (χ0n) is 12.0. The van der Waals surface area contributed by atoms with Crippen LogP contribution in [-0.2, 0) is 11.3 Å². The van der Waals surface area contributed by atoms with E-state index >= 15 is 0 Å². The van der Waals surface area contributed by atoms with E-state index in [9.17, 15) is 9.59 Å². The fourth-order valence-electron chi connectivity index (χ4n) is 1.87. The van der Waals surface area contributed by atoms with Crippen molar-refractivity contribution < 1.29 is 9.59 Å². The third-order valence-corrected chi connectivity index (χ3v) is 2.82. The Morgan fingerprint density at radius 3 is 2.65 bits per heavy atom. The van der Waals surface area contributed by atoms with Crippen LogP contribution in [0.5, 0.6) is 0 Å². The summed E-state index contributed by atoms with van der Waals surface area (Å²) in [5.41, 5.74) is 3.49. The van der Waals surface area contributed by atoms with Crippen molar-refractivity contribution >= 4 is 11.8 Å². The first-order chi connectivity index (χ1) is 9.58. The van der Waals surface area contributed by atoms with E-state index in [1.165, 1.54) is 0 Å². The molecule has 1 aromatic carbocycles. The molecule has 1 rings (SSSR count). The van der Waals surface area contributed by atoms with Crippen LogP contribution >= 0.6 is 0 Å². The van der Waals surface area contributed by atoms with Crippen molar-refractivity contribution in [3.05, 3.63) is 35.4 Å². The molecule has 0 spiro atoms. The van der Waals surface area contributed by atoms with Gasteiger partial charge in [-0.15, -0.1) is 0 Å². The van der Waals surface area contributed by atoms with Crippen LogP contribution in [0.25, 0.3) is 0 Å². The summed E-state index contributed by atoms with van der Waals surface area (Å²) < 4.78 is 0. The highest BCUT2D eigenvalue weighted by Gasteiger charge is 2.12. The van der Waals surface area contributed by atoms with Gasteiger partial charge in [0, 0.05) is 18.7 Å². The first-order valence-corrected chi connectivity index (χ1v) is 6.62. The van der Waals surface area contributed by atoms with Gasteiger partial charge in [0.2, 0.25) is 5.91 Å². The van der Waals surface area contributed by atoms with Crippen LogP contribution in [0.2, 0.25) is 0 Å². The largest absolute Gasteiger partial charge is 0.355 e. The smallest absolute Gasteiger partial charge is 0.265 e. The molecule has 110 valence electrons. The monoisotopic (exact) mass is 278 g/mol. The molecule has 0 atom stereocenters. The second-order valence-corrected chi connectivity index (χ2v) is 4.65. The molecule has 0 aromatic heterocycles. The molecule has 20 heavy (non-hydrogen) atoms. The Labute approximate surface area is 119 Å². The number of carbonyl (C=O) groups excluding carboxylic acids is 2. The predicted octanol–water partition coefficient (Wildman–Crippen LogP) is 0.248. The Bertz CT molecular complexity index is 462. The molecule has 0 heterocycles. The quantitative estimate of drug-likeness (QED) is 0.379. The van der Waals surface area contributed by atoms with E-state index in [2.05, 4.69) is 10.7 Å². The summed E-state index contributed by atoms with van der Waals surface area (Å²) in [5.74, 6) is 4.81. The van der Waals surface area contributed by atoms with E-state index in [1.807, 2.05) is 31.0 Å². The predicted molar refractivity (Wildman–Crippen MR) is 77.7 cm³/mol. The topological polar surface area (TPSA) is 87.5 Å². The van der Waals surface area contributed by atoms with E-state index in [0.717, 1.165) is 12.0 Å². The van der Waals surface area contributed by atoms with Gasteiger partial charge in [0.1, 0.15) is 0 Å². The number of nitrogen functional groups attached to an aromatic ring is 1. The van der Waals surface area contributed by atoms with Crippen molar-refractivity contribution in [2.24, 2.45) is 5.84 Å². The van der Waals surface area contributed by atoms with Crippen molar-refractivity contribution in [2.75, 3.05) is 20.1 Å². The van der Waals surface area contributed by atoms with Crippen LogP contribution in [0.3, 0.4) is 0 Å². The number of benzene rings is 1. The third-order valence-electron chi connectivity index (χ3n) is 2.82. The average molecular weight is 278 g/mol. The summed E-state index contributed by atoms with van der Waals surface area (Å²) >= 11 is 0. The summed E-state index contributed by atoms with van der Waals surface area (Å²) in [6.07, 6.45) is 0.912. The molecular weight excluding hydrogens is 256 g/mol. The molecule has 0 unspecified atom stereocenters. The lowest BCUT2D eigenvalue weighted by molar-refractivity contribution is -0.122. The Hall–Kier alpha value is -1.92. The minimum absolute atomic E-state index is 0.0184. The summed E-state index contributed by atoms with van der Waals surface area (Å²) in [5, 5.41) is 2.82. The maximum Gasteiger partial charge on any atom is 0.265 e. The maximum atomic E-state index is 11.6. The van der Waals surface area contributed by atoms with E-state index in [-0.39, 0.29) is 11.8 Å². The fraction of sp³-hybridized carbons (Fsp3) is 0.429. The van der Waals surface area contributed by atoms with Gasteiger partial charge in [-0.2, -0.15) is 0 Å². The molecule has 4 N–H and O–H groups in total. The lowest BCUT2D eigenvalue weighted by Gasteiger charge is -2.18. The minimum Gasteiger partial charge on any atom is -0.355 e. The number of nitrogens with zero attached hydrogens (tertiary/aromatic N) is 1. The second kappa shape index (κ2) is 8.29. The minimum atomic E-state index is -0.329. The second-order valence-electron chi connectivity index (χ2n) is 4.65. The van der Waals surface area contributed by atoms with Crippen LogP contribution in [0.4, 0.5) is 0 Å². The highest BCUT2D eigenvalue weighted by atomic mass is 16.2. The van der Waals surface area contributed by atoms with Gasteiger partial charge in [0.15, 0.2) is 0 Å². The van der Waals surface area contributed by atoms with Gasteiger partial charge < -0.3 is 5.32 Å². The van der Waals surface area contributed by atoms with Gasteiger partial charge in [0.05, 0.1) is 6.54 Å². The molecule has 2 amide bonds. The Kier molecular flexibility index (Phi) is 6.69. The zero-order chi connectivity index (χ0) is 15.0. The average Bonchev–Trinajstić information content (AvgIpc) is 2.44. The van der Waals surface area contributed by atoms with Gasteiger partial charge in [-0.1, -0.05) is 25.1 Å². The standard InChI is InChI=1S/C14H22N4O2/c1-3-8-16-13(19)10-18(2)9-11-6-4-5-7-12(11)14(20)17-15/h4-7H,3,8-10,15H2,1-2H3,(H,16,19)(H,17,20). The van der Waals surface area contributed by atoms with Gasteiger partial charge in [-0.3, -0.25) is 19.9 Å². The highest BCUT2D eigenvalue weighted by molar-refractivity contribution is 5.95. The van der Waals surface area contributed by atoms with Crippen molar-refractivity contribution in [1.29, 1.82) is 0 Å². The van der Waals surface area contributed by atoms with Crippen LogP contribution in [-0.4, -0.2) is 36.9 Å². The molecular formula is C14H22N4O2. The normalized spacial score (nSPS) is 10.4. The number of hydrazine groups is 1. The molecule has 0 radical (unpaired) electrons. The molecule has 0 saturated heterocycles. The van der Waals surface area contributed by atoms with Crippen LogP contribution in [0.1, 0.15) is 29.3 Å². The molecule has 0 aliphatic carbocycles. The number of nitrogens with two attached hydrogens (primary N) is 1. The van der Waals surface area contributed by atoms with Gasteiger partial charge in [0.25, 0.3) is 5.91 Å². The van der Waals surface area contributed by atoms with Crippen molar-refractivity contribution in [3.8, 4) is 0 Å². The summed E-state index contributed by atoms with van der Waals surface area (Å²) in [4.78, 5) is 25.1.